The summed E-state index contributed by atoms with van der Waals surface area (Å²) in [6.07, 6.45) is 0. The van der Waals surface area contributed by atoms with Crippen LogP contribution in [0.3, 0.4) is 0 Å². The first-order valence-electron chi connectivity index (χ1n) is 7.21. The number of piperazine rings is 1. The number of carbonyl (C=O) groups excluding carboxylic acids is 1. The number of rotatable bonds is 3. The van der Waals surface area contributed by atoms with Gasteiger partial charge in [-0.05, 0) is 19.2 Å². The van der Waals surface area contributed by atoms with Crippen LogP contribution in [0.4, 0.5) is 5.82 Å². The van der Waals surface area contributed by atoms with E-state index in [0.717, 1.165) is 41.9 Å². The van der Waals surface area contributed by atoms with Crippen molar-refractivity contribution in [1.29, 1.82) is 0 Å². The van der Waals surface area contributed by atoms with Crippen LogP contribution < -0.4 is 10.2 Å². The molecule has 1 amide bonds. The van der Waals surface area contributed by atoms with Gasteiger partial charge in [0.25, 0.3) is 0 Å². The van der Waals surface area contributed by atoms with Crippen molar-refractivity contribution < 1.29 is 4.79 Å². The Bertz CT molecular complexity index is 670. The van der Waals surface area contributed by atoms with Crippen molar-refractivity contribution in [3.8, 4) is 0 Å². The van der Waals surface area contributed by atoms with Gasteiger partial charge in [0.2, 0.25) is 5.91 Å². The van der Waals surface area contributed by atoms with Gasteiger partial charge in [0.05, 0.1) is 12.1 Å². The van der Waals surface area contributed by atoms with Gasteiger partial charge in [0, 0.05) is 37.6 Å². The quantitative estimate of drug-likeness (QED) is 0.921. The van der Waals surface area contributed by atoms with Crippen LogP contribution in [-0.2, 0) is 11.3 Å². The van der Waals surface area contributed by atoms with Gasteiger partial charge in [-0.25, -0.2) is 4.98 Å². The minimum atomic E-state index is 0.145. The molecule has 1 aliphatic rings. The average Bonchev–Trinajstić information content (AvgIpc) is 2.50. The third-order valence-electron chi connectivity index (χ3n) is 3.90. The highest BCUT2D eigenvalue weighted by Gasteiger charge is 2.24. The Morgan fingerprint density at radius 2 is 2.10 bits per heavy atom. The number of amides is 1. The van der Waals surface area contributed by atoms with Crippen molar-refractivity contribution in [2.75, 3.05) is 38.6 Å². The van der Waals surface area contributed by atoms with Crippen LogP contribution in [0.2, 0.25) is 0 Å². The van der Waals surface area contributed by atoms with Gasteiger partial charge in [-0.3, -0.25) is 4.79 Å². The zero-order valence-electron chi connectivity index (χ0n) is 12.5. The van der Waals surface area contributed by atoms with Gasteiger partial charge in [-0.1, -0.05) is 18.2 Å². The summed E-state index contributed by atoms with van der Waals surface area (Å²) in [6.45, 7) is 2.71. The summed E-state index contributed by atoms with van der Waals surface area (Å²) < 4.78 is 0. The number of nitrogens with one attached hydrogen (secondary N) is 1. The molecule has 2 heterocycles. The predicted octanol–water partition coefficient (Wildman–Crippen LogP) is 1.23. The minimum absolute atomic E-state index is 0.145. The Labute approximate surface area is 124 Å². The van der Waals surface area contributed by atoms with Crippen molar-refractivity contribution in [1.82, 2.24) is 15.2 Å². The Balaban J connectivity index is 2.03. The number of hydrogen-bond acceptors (Lipinski definition) is 4. The molecule has 0 atom stereocenters. The lowest BCUT2D eigenvalue weighted by atomic mass is 10.1. The largest absolute Gasteiger partial charge is 0.345 e. The highest BCUT2D eigenvalue weighted by Crippen LogP contribution is 2.24. The van der Waals surface area contributed by atoms with E-state index in [9.17, 15) is 4.79 Å². The normalized spacial score (nSPS) is 15.8. The molecule has 3 rings (SSSR count). The number of nitrogens with zero attached hydrogens (tertiary/aromatic N) is 3. The van der Waals surface area contributed by atoms with Crippen LogP contribution in [0.5, 0.6) is 0 Å². The maximum Gasteiger partial charge on any atom is 0.241 e. The van der Waals surface area contributed by atoms with Gasteiger partial charge in [-0.15, -0.1) is 0 Å². The lowest BCUT2D eigenvalue weighted by Crippen LogP contribution is -2.49. The zero-order chi connectivity index (χ0) is 14.8. The van der Waals surface area contributed by atoms with Crippen molar-refractivity contribution in [3.05, 3.63) is 35.9 Å². The molecule has 0 bridgehead atoms. The number of carbonyl (C=O) groups is 1. The second-order valence-corrected chi connectivity index (χ2v) is 5.43. The Kier molecular flexibility index (Phi) is 3.75. The molecule has 5 heteroatoms. The summed E-state index contributed by atoms with van der Waals surface area (Å²) >= 11 is 0. The van der Waals surface area contributed by atoms with E-state index >= 15 is 0 Å². The first-order valence-corrected chi connectivity index (χ1v) is 7.21. The highest BCUT2D eigenvalue weighted by atomic mass is 16.2. The molecule has 21 heavy (non-hydrogen) atoms. The van der Waals surface area contributed by atoms with E-state index in [1.165, 1.54) is 0 Å². The first-order chi connectivity index (χ1) is 10.2. The molecule has 1 fully saturated rings. The van der Waals surface area contributed by atoms with Gasteiger partial charge >= 0.3 is 0 Å². The summed E-state index contributed by atoms with van der Waals surface area (Å²) in [7, 11) is 3.77. The van der Waals surface area contributed by atoms with Gasteiger partial charge in [0.15, 0.2) is 0 Å². The molecule has 1 aromatic carbocycles. The second kappa shape index (κ2) is 5.69. The van der Waals surface area contributed by atoms with Crippen molar-refractivity contribution in [3.63, 3.8) is 0 Å². The van der Waals surface area contributed by atoms with Crippen LogP contribution >= 0.6 is 0 Å². The molecule has 1 aromatic heterocycles. The summed E-state index contributed by atoms with van der Waals surface area (Å²) in [4.78, 5) is 20.6. The number of aromatic nitrogens is 1. The van der Waals surface area contributed by atoms with Crippen LogP contribution in [0.25, 0.3) is 10.9 Å². The monoisotopic (exact) mass is 284 g/mol. The number of fused-ring (bicyclic) bond motifs is 1. The molecule has 110 valence electrons. The summed E-state index contributed by atoms with van der Waals surface area (Å²) in [5.41, 5.74) is 2.10. The van der Waals surface area contributed by atoms with Crippen LogP contribution in [-0.4, -0.2) is 49.5 Å². The van der Waals surface area contributed by atoms with Gasteiger partial charge < -0.3 is 15.1 Å². The molecular formula is C16H20N4O. The molecule has 0 saturated carbocycles. The van der Waals surface area contributed by atoms with Gasteiger partial charge in [-0.2, -0.15) is 0 Å². The van der Waals surface area contributed by atoms with Crippen molar-refractivity contribution in [2.24, 2.45) is 0 Å². The van der Waals surface area contributed by atoms with E-state index in [4.69, 9.17) is 4.98 Å². The molecular weight excluding hydrogens is 264 g/mol. The number of anilines is 1. The van der Waals surface area contributed by atoms with E-state index in [1.807, 2.05) is 32.3 Å². The zero-order valence-corrected chi connectivity index (χ0v) is 12.5. The number of para-hydroxylation sites is 1. The van der Waals surface area contributed by atoms with E-state index in [2.05, 4.69) is 22.3 Å². The summed E-state index contributed by atoms with van der Waals surface area (Å²) in [5.74, 6) is 1.07. The predicted molar refractivity (Wildman–Crippen MR) is 84.4 cm³/mol. The molecule has 0 spiro atoms. The van der Waals surface area contributed by atoms with Crippen LogP contribution in [0.1, 0.15) is 5.56 Å². The maximum atomic E-state index is 12.0. The SMILES string of the molecule is CNCc1cc2ccccc2nc1N1CCN(C)C(=O)C1. The van der Waals surface area contributed by atoms with Crippen molar-refractivity contribution >= 4 is 22.6 Å². The average molecular weight is 284 g/mol. The fraction of sp³-hybridized carbons (Fsp3) is 0.375. The lowest BCUT2D eigenvalue weighted by molar-refractivity contribution is -0.129. The Hall–Kier alpha value is -2.14. The molecule has 2 aromatic rings. The fourth-order valence-corrected chi connectivity index (χ4v) is 2.68. The van der Waals surface area contributed by atoms with Gasteiger partial charge in [0.1, 0.15) is 5.82 Å². The third-order valence-corrected chi connectivity index (χ3v) is 3.90. The highest BCUT2D eigenvalue weighted by molar-refractivity contribution is 5.85. The maximum absolute atomic E-state index is 12.0. The van der Waals surface area contributed by atoms with Crippen LogP contribution in [0.15, 0.2) is 30.3 Å². The van der Waals surface area contributed by atoms with E-state index in [0.29, 0.717) is 6.54 Å². The number of hydrogen-bond donors (Lipinski definition) is 1. The Morgan fingerprint density at radius 1 is 1.29 bits per heavy atom. The van der Waals surface area contributed by atoms with E-state index in [-0.39, 0.29) is 5.91 Å². The standard InChI is InChI=1S/C16H20N4O/c1-17-10-13-9-12-5-3-4-6-14(12)18-16(13)20-8-7-19(2)15(21)11-20/h3-6,9,17H,7-8,10-11H2,1-2H3. The number of likely N-dealkylation sites (N-methyl/N-ethyl adjacent to an activating group) is 1. The third kappa shape index (κ3) is 2.69. The molecule has 5 nitrogen and oxygen atoms in total. The van der Waals surface area contributed by atoms with Crippen LogP contribution in [0, 0.1) is 0 Å². The Morgan fingerprint density at radius 3 is 2.86 bits per heavy atom. The van der Waals surface area contributed by atoms with E-state index in [1.54, 1.807) is 4.90 Å². The fourth-order valence-electron chi connectivity index (χ4n) is 2.68. The molecule has 1 aliphatic heterocycles. The minimum Gasteiger partial charge on any atom is -0.345 e. The number of benzene rings is 1. The van der Waals surface area contributed by atoms with E-state index < -0.39 is 0 Å². The molecule has 0 unspecified atom stereocenters. The molecule has 0 aliphatic carbocycles. The molecule has 0 radical (unpaired) electrons. The summed E-state index contributed by atoms with van der Waals surface area (Å²) in [5, 5.41) is 4.32. The molecule has 1 saturated heterocycles. The smallest absolute Gasteiger partial charge is 0.241 e. The van der Waals surface area contributed by atoms with Crippen molar-refractivity contribution in [2.45, 2.75) is 6.54 Å². The first kappa shape index (κ1) is 13.8. The number of pyridine rings is 1. The second-order valence-electron chi connectivity index (χ2n) is 5.43. The summed E-state index contributed by atoms with van der Waals surface area (Å²) in [6, 6.07) is 10.3. The lowest BCUT2D eigenvalue weighted by Gasteiger charge is -2.34. The molecule has 1 N–H and O–H groups in total. The topological polar surface area (TPSA) is 48.5 Å².